The third kappa shape index (κ3) is 3.96. The Morgan fingerprint density at radius 1 is 1.29 bits per heavy atom. The van der Waals surface area contributed by atoms with Crippen LogP contribution in [0.2, 0.25) is 0 Å². The highest BCUT2D eigenvalue weighted by atomic mass is 19.4. The lowest BCUT2D eigenvalue weighted by molar-refractivity contribution is -0.143. The number of alkyl halides is 3. The fourth-order valence-corrected chi connectivity index (χ4v) is 4.14. The van der Waals surface area contributed by atoms with Crippen molar-refractivity contribution < 1.29 is 26.8 Å². The van der Waals surface area contributed by atoms with Crippen LogP contribution in [0.15, 0.2) is 40.9 Å². The zero-order valence-corrected chi connectivity index (χ0v) is 17.2. The molecule has 0 fully saturated rings. The van der Waals surface area contributed by atoms with Gasteiger partial charge in [-0.1, -0.05) is 26.0 Å². The van der Waals surface area contributed by atoms with Crippen molar-refractivity contribution in [3.05, 3.63) is 70.7 Å². The van der Waals surface area contributed by atoms with E-state index in [0.717, 1.165) is 23.6 Å². The molecule has 5 nitrogen and oxygen atoms in total. The predicted molar refractivity (Wildman–Crippen MR) is 104 cm³/mol. The summed E-state index contributed by atoms with van der Waals surface area (Å²) in [4.78, 5) is 12.9. The lowest BCUT2D eigenvalue weighted by Crippen LogP contribution is -2.36. The topological polar surface area (TPSA) is 60.1 Å². The number of halogens is 4. The lowest BCUT2D eigenvalue weighted by atomic mass is 9.74. The second-order valence-electron chi connectivity index (χ2n) is 8.57. The number of para-hydroxylation sites is 1. The van der Waals surface area contributed by atoms with E-state index in [1.165, 1.54) is 18.2 Å². The maximum atomic E-state index is 14.1. The van der Waals surface area contributed by atoms with E-state index in [1.54, 1.807) is 13.0 Å². The lowest BCUT2D eigenvalue weighted by Gasteiger charge is -2.34. The molecule has 164 valence electrons. The third-order valence-electron chi connectivity index (χ3n) is 5.40. The highest BCUT2D eigenvalue weighted by Gasteiger charge is 2.42. The van der Waals surface area contributed by atoms with Crippen molar-refractivity contribution in [1.29, 1.82) is 0 Å². The van der Waals surface area contributed by atoms with Gasteiger partial charge in [0.1, 0.15) is 23.0 Å². The molecule has 1 atom stereocenters. The van der Waals surface area contributed by atoms with Crippen molar-refractivity contribution in [2.45, 2.75) is 45.8 Å². The number of aryl methyl sites for hydroxylation is 1. The number of rotatable bonds is 3. The monoisotopic (exact) mass is 435 g/mol. The van der Waals surface area contributed by atoms with Crippen LogP contribution in [0.4, 0.5) is 17.6 Å². The van der Waals surface area contributed by atoms with Gasteiger partial charge in [0.25, 0.3) is 5.91 Å². The first-order valence-electron chi connectivity index (χ1n) is 9.76. The van der Waals surface area contributed by atoms with Crippen LogP contribution >= 0.6 is 0 Å². The summed E-state index contributed by atoms with van der Waals surface area (Å²) in [6.45, 7) is 5.79. The van der Waals surface area contributed by atoms with Crippen molar-refractivity contribution in [2.24, 2.45) is 5.41 Å². The molecular weight excluding hydrogens is 414 g/mol. The minimum atomic E-state index is -4.92. The van der Waals surface area contributed by atoms with Gasteiger partial charge in [-0.2, -0.15) is 18.3 Å². The molecule has 1 aliphatic rings. The van der Waals surface area contributed by atoms with Crippen LogP contribution in [0.1, 0.15) is 59.4 Å². The van der Waals surface area contributed by atoms with Gasteiger partial charge >= 0.3 is 6.18 Å². The molecule has 2 heterocycles. The SMILES string of the molecule is Cc1cc2c(o1)CC(C)(C)CC2NC(=O)c1cnn(-c2ccccc2F)c1C(F)(F)F. The maximum Gasteiger partial charge on any atom is 0.434 e. The van der Waals surface area contributed by atoms with E-state index in [2.05, 4.69) is 10.4 Å². The molecule has 3 aromatic rings. The van der Waals surface area contributed by atoms with E-state index in [9.17, 15) is 22.4 Å². The van der Waals surface area contributed by atoms with Crippen molar-refractivity contribution in [1.82, 2.24) is 15.1 Å². The first kappa shape index (κ1) is 21.1. The molecule has 1 unspecified atom stereocenters. The van der Waals surface area contributed by atoms with Crippen molar-refractivity contribution in [2.75, 3.05) is 0 Å². The van der Waals surface area contributed by atoms with Crippen LogP contribution in [0, 0.1) is 18.2 Å². The Hall–Kier alpha value is -3.10. The molecule has 1 amide bonds. The molecule has 1 aliphatic carbocycles. The van der Waals surface area contributed by atoms with Crippen LogP contribution in [0.5, 0.6) is 0 Å². The number of aromatic nitrogens is 2. The van der Waals surface area contributed by atoms with E-state index in [1.807, 2.05) is 13.8 Å². The number of nitrogens with one attached hydrogen (secondary N) is 1. The number of carbonyl (C=O) groups excluding carboxylic acids is 1. The summed E-state index contributed by atoms with van der Waals surface area (Å²) in [5.74, 6) is -0.416. The largest absolute Gasteiger partial charge is 0.466 e. The average molecular weight is 435 g/mol. The van der Waals surface area contributed by atoms with Gasteiger partial charge in [-0.15, -0.1) is 0 Å². The summed E-state index contributed by atoms with van der Waals surface area (Å²) in [6, 6.07) is 6.24. The zero-order chi connectivity index (χ0) is 22.6. The Kier molecular flexibility index (Phi) is 4.94. The molecule has 0 saturated heterocycles. The Morgan fingerprint density at radius 2 is 2.00 bits per heavy atom. The molecule has 9 heteroatoms. The molecule has 0 radical (unpaired) electrons. The molecule has 0 bridgehead atoms. The van der Waals surface area contributed by atoms with Gasteiger partial charge in [-0.3, -0.25) is 4.79 Å². The first-order valence-corrected chi connectivity index (χ1v) is 9.76. The number of carbonyl (C=O) groups is 1. The highest BCUT2D eigenvalue weighted by Crippen LogP contribution is 2.42. The Bertz CT molecular complexity index is 1140. The highest BCUT2D eigenvalue weighted by molar-refractivity contribution is 5.95. The van der Waals surface area contributed by atoms with E-state index in [0.29, 0.717) is 23.3 Å². The zero-order valence-electron chi connectivity index (χ0n) is 17.2. The molecule has 2 aromatic heterocycles. The normalized spacial score (nSPS) is 18.0. The number of hydrogen-bond donors (Lipinski definition) is 1. The molecule has 31 heavy (non-hydrogen) atoms. The van der Waals surface area contributed by atoms with Gasteiger partial charge in [0, 0.05) is 12.0 Å². The van der Waals surface area contributed by atoms with E-state index in [-0.39, 0.29) is 11.1 Å². The van der Waals surface area contributed by atoms with E-state index >= 15 is 0 Å². The first-order chi connectivity index (χ1) is 14.5. The van der Waals surface area contributed by atoms with Crippen molar-refractivity contribution in [3.8, 4) is 5.69 Å². The van der Waals surface area contributed by atoms with Gasteiger partial charge in [0.2, 0.25) is 0 Å². The van der Waals surface area contributed by atoms with Gasteiger partial charge < -0.3 is 9.73 Å². The molecular formula is C22H21F4N3O2. The van der Waals surface area contributed by atoms with Crippen LogP contribution < -0.4 is 5.32 Å². The maximum absolute atomic E-state index is 14.1. The fraction of sp³-hybridized carbons (Fsp3) is 0.364. The molecule has 0 aliphatic heterocycles. The summed E-state index contributed by atoms with van der Waals surface area (Å²) in [5.41, 5.74) is -1.82. The molecule has 1 aromatic carbocycles. The Balaban J connectivity index is 1.72. The minimum Gasteiger partial charge on any atom is -0.466 e. The predicted octanol–water partition coefficient (Wildman–Crippen LogP) is 5.38. The van der Waals surface area contributed by atoms with Crippen molar-refractivity contribution >= 4 is 5.91 Å². The quantitative estimate of drug-likeness (QED) is 0.563. The molecule has 4 rings (SSSR count). The van der Waals surface area contributed by atoms with Crippen molar-refractivity contribution in [3.63, 3.8) is 0 Å². The molecule has 1 N–H and O–H groups in total. The summed E-state index contributed by atoms with van der Waals surface area (Å²) in [6.07, 6.45) is -2.90. The van der Waals surface area contributed by atoms with Gasteiger partial charge in [0.15, 0.2) is 5.69 Å². The third-order valence-corrected chi connectivity index (χ3v) is 5.40. The van der Waals surface area contributed by atoms with Crippen LogP contribution in [-0.2, 0) is 12.6 Å². The van der Waals surface area contributed by atoms with Gasteiger partial charge in [-0.05, 0) is 37.0 Å². The summed E-state index contributed by atoms with van der Waals surface area (Å²) in [7, 11) is 0. The summed E-state index contributed by atoms with van der Waals surface area (Å²) < 4.78 is 61.9. The summed E-state index contributed by atoms with van der Waals surface area (Å²) >= 11 is 0. The molecule has 0 spiro atoms. The standard InChI is InChI=1S/C22H21F4N3O2/c1-12-8-13-16(9-21(2,3)10-18(13)31-12)28-20(30)14-11-27-29(19(14)22(24,25)26)17-7-5-4-6-15(17)23/h4-8,11,16H,9-10H2,1-3H3,(H,28,30). The Morgan fingerprint density at radius 3 is 2.68 bits per heavy atom. The number of amides is 1. The smallest absolute Gasteiger partial charge is 0.434 e. The van der Waals surface area contributed by atoms with Gasteiger partial charge in [-0.25, -0.2) is 9.07 Å². The number of benzene rings is 1. The van der Waals surface area contributed by atoms with E-state index in [4.69, 9.17) is 4.42 Å². The van der Waals surface area contributed by atoms with Crippen LogP contribution in [0.25, 0.3) is 5.69 Å². The number of nitrogens with zero attached hydrogens (tertiary/aromatic N) is 2. The second-order valence-corrected chi connectivity index (χ2v) is 8.57. The minimum absolute atomic E-state index is 0.209. The number of fused-ring (bicyclic) bond motifs is 1. The van der Waals surface area contributed by atoms with E-state index < -0.39 is 35.2 Å². The van der Waals surface area contributed by atoms with Crippen LogP contribution in [0.3, 0.4) is 0 Å². The number of furan rings is 1. The van der Waals surface area contributed by atoms with Crippen LogP contribution in [-0.4, -0.2) is 15.7 Å². The fourth-order valence-electron chi connectivity index (χ4n) is 4.14. The molecule has 0 saturated carbocycles. The van der Waals surface area contributed by atoms with Gasteiger partial charge in [0.05, 0.1) is 17.8 Å². The average Bonchev–Trinajstić information content (AvgIpc) is 3.24. The second kappa shape index (κ2) is 7.25. The summed E-state index contributed by atoms with van der Waals surface area (Å²) in [5, 5.41) is 6.39. The number of hydrogen-bond acceptors (Lipinski definition) is 3. The Labute approximate surface area is 176 Å².